The number of allylic oxidation sites excluding steroid dienone is 2. The van der Waals surface area contributed by atoms with Crippen molar-refractivity contribution in [2.75, 3.05) is 19.0 Å². The van der Waals surface area contributed by atoms with Gasteiger partial charge in [-0.15, -0.1) is 0 Å². The van der Waals surface area contributed by atoms with Gasteiger partial charge in [0.05, 0.1) is 6.61 Å². The summed E-state index contributed by atoms with van der Waals surface area (Å²) in [5.41, 5.74) is 0. The number of rotatable bonds is 34. The number of aliphatic hydroxyl groups is 3. The van der Waals surface area contributed by atoms with E-state index in [2.05, 4.69) is 26.0 Å². The van der Waals surface area contributed by atoms with E-state index in [-0.39, 0.29) is 19.4 Å². The molecule has 2 unspecified atom stereocenters. The van der Waals surface area contributed by atoms with Gasteiger partial charge < -0.3 is 34.3 Å². The number of ether oxygens (including phenoxy) is 4. The molecule has 4 N–H and O–H groups in total. The van der Waals surface area contributed by atoms with Crippen LogP contribution in [0.4, 0.5) is 0 Å². The van der Waals surface area contributed by atoms with Crippen molar-refractivity contribution in [1.29, 1.82) is 0 Å². The molecule has 1 fully saturated rings. The van der Waals surface area contributed by atoms with E-state index in [1.54, 1.807) is 0 Å². The number of esters is 2. The summed E-state index contributed by atoms with van der Waals surface area (Å²) in [6.45, 7) is 3.72. The Bertz CT molecular complexity index is 1050. The first kappa shape index (κ1) is 49.4. The average Bonchev–Trinajstić information content (AvgIpc) is 3.12. The molecule has 12 nitrogen and oxygen atoms in total. The summed E-state index contributed by atoms with van der Waals surface area (Å²) >= 11 is 0. The Hall–Kier alpha value is -1.61. The van der Waals surface area contributed by atoms with Gasteiger partial charge in [0, 0.05) is 12.8 Å². The van der Waals surface area contributed by atoms with Crippen LogP contribution in [0.2, 0.25) is 0 Å². The summed E-state index contributed by atoms with van der Waals surface area (Å²) in [6.07, 6.45) is 21.2. The maximum absolute atomic E-state index is 12.7. The molecule has 0 radical (unpaired) electrons. The van der Waals surface area contributed by atoms with Crippen molar-refractivity contribution in [2.24, 2.45) is 0 Å². The maximum Gasteiger partial charge on any atom is 0.306 e. The second-order valence-corrected chi connectivity index (χ2v) is 16.2. The monoisotopic (exact) mass is 778 g/mol. The minimum Gasteiger partial charge on any atom is -0.462 e. The molecule has 1 rings (SSSR count). The zero-order valence-electron chi connectivity index (χ0n) is 32.9. The van der Waals surface area contributed by atoms with E-state index >= 15 is 0 Å². The molecular weight excluding hydrogens is 704 g/mol. The van der Waals surface area contributed by atoms with Crippen LogP contribution >= 0.6 is 0 Å². The van der Waals surface area contributed by atoms with Gasteiger partial charge in [0.1, 0.15) is 36.8 Å². The number of hydrogen-bond donors (Lipinski definition) is 4. The lowest BCUT2D eigenvalue weighted by atomic mass is 10.00. The lowest BCUT2D eigenvalue weighted by Crippen LogP contribution is -2.60. The fourth-order valence-corrected chi connectivity index (χ4v) is 7.01. The predicted octanol–water partition coefficient (Wildman–Crippen LogP) is 7.50. The van der Waals surface area contributed by atoms with Gasteiger partial charge >= 0.3 is 11.9 Å². The van der Waals surface area contributed by atoms with Gasteiger partial charge in [-0.1, -0.05) is 135 Å². The normalized spacial score (nSPS) is 21.2. The SMILES string of the molecule is CCCCCCC/C=C/CCCCCCCC(=O)O[C@H](COC(=O)CCCCCCCCCCCCC)CO[C@H]1O[C@H](CS(=O)(=O)O)[C@@H](O)C(O)C1O. The van der Waals surface area contributed by atoms with Crippen LogP contribution in [0.1, 0.15) is 174 Å². The summed E-state index contributed by atoms with van der Waals surface area (Å²) in [7, 11) is -4.59. The lowest BCUT2D eigenvalue weighted by molar-refractivity contribution is -0.297. The standard InChI is InChI=1S/C40H74O12S/c1-3-5-7-9-11-13-15-16-17-19-21-23-25-27-29-36(42)51-33(30-49-35(41)28-26-24-22-20-18-14-12-10-8-6-4-2)31-50-40-39(45)38(44)37(43)34(52-40)32-53(46,47)48/h15-16,33-34,37-40,43-45H,3-14,17-32H2,1-2H3,(H,46,47,48)/b16-15+/t33-,34-,37-,38?,39?,40+/m1/s1. The van der Waals surface area contributed by atoms with E-state index in [0.29, 0.717) is 12.8 Å². The van der Waals surface area contributed by atoms with Gasteiger partial charge in [0.2, 0.25) is 0 Å². The predicted molar refractivity (Wildman–Crippen MR) is 206 cm³/mol. The molecule has 1 saturated heterocycles. The third-order valence-electron chi connectivity index (χ3n) is 9.60. The van der Waals surface area contributed by atoms with Crippen LogP contribution in [0.3, 0.4) is 0 Å². The summed E-state index contributed by atoms with van der Waals surface area (Å²) in [5.74, 6) is -1.99. The summed E-state index contributed by atoms with van der Waals surface area (Å²) in [4.78, 5) is 25.3. The third kappa shape index (κ3) is 26.8. The second kappa shape index (κ2) is 31.6. The van der Waals surface area contributed by atoms with Crippen LogP contribution in [-0.4, -0.2) is 96.0 Å². The average molecular weight is 779 g/mol. The maximum atomic E-state index is 12.7. The Morgan fingerprint density at radius 2 is 1.08 bits per heavy atom. The van der Waals surface area contributed by atoms with E-state index in [1.165, 1.54) is 77.0 Å². The van der Waals surface area contributed by atoms with E-state index in [4.69, 9.17) is 18.9 Å². The summed E-state index contributed by atoms with van der Waals surface area (Å²) < 4.78 is 53.9. The molecule has 1 aliphatic rings. The van der Waals surface area contributed by atoms with Gasteiger partial charge in [0.15, 0.2) is 12.4 Å². The van der Waals surface area contributed by atoms with Crippen LogP contribution in [0.15, 0.2) is 12.2 Å². The Morgan fingerprint density at radius 3 is 1.57 bits per heavy atom. The highest BCUT2D eigenvalue weighted by atomic mass is 32.2. The molecule has 1 aliphatic heterocycles. The fraction of sp³-hybridized carbons (Fsp3) is 0.900. The van der Waals surface area contributed by atoms with Gasteiger partial charge in [-0.3, -0.25) is 14.1 Å². The molecule has 1 heterocycles. The number of carbonyl (C=O) groups excluding carboxylic acids is 2. The highest BCUT2D eigenvalue weighted by Gasteiger charge is 2.46. The third-order valence-corrected chi connectivity index (χ3v) is 10.3. The van der Waals surface area contributed by atoms with Crippen molar-refractivity contribution in [1.82, 2.24) is 0 Å². The van der Waals surface area contributed by atoms with Crippen LogP contribution in [0, 0.1) is 0 Å². The van der Waals surface area contributed by atoms with Crippen molar-refractivity contribution in [3.63, 3.8) is 0 Å². The van der Waals surface area contributed by atoms with Gasteiger partial charge in [-0.2, -0.15) is 8.42 Å². The molecule has 0 amide bonds. The van der Waals surface area contributed by atoms with E-state index < -0.39 is 71.2 Å². The smallest absolute Gasteiger partial charge is 0.306 e. The molecule has 0 spiro atoms. The second-order valence-electron chi connectivity index (χ2n) is 14.7. The van der Waals surface area contributed by atoms with Crippen LogP contribution in [-0.2, 0) is 38.7 Å². The first-order valence-corrected chi connectivity index (χ1v) is 22.4. The van der Waals surface area contributed by atoms with E-state index in [9.17, 15) is 37.9 Å². The number of carbonyl (C=O) groups is 2. The van der Waals surface area contributed by atoms with Gasteiger partial charge in [-0.25, -0.2) is 0 Å². The highest BCUT2D eigenvalue weighted by Crippen LogP contribution is 2.24. The Labute approximate surface area is 320 Å². The van der Waals surface area contributed by atoms with Crippen molar-refractivity contribution in [3.05, 3.63) is 12.2 Å². The van der Waals surface area contributed by atoms with Gasteiger partial charge in [0.25, 0.3) is 10.1 Å². The fourth-order valence-electron chi connectivity index (χ4n) is 6.32. The van der Waals surface area contributed by atoms with Crippen molar-refractivity contribution >= 4 is 22.1 Å². The molecule has 53 heavy (non-hydrogen) atoms. The van der Waals surface area contributed by atoms with Crippen LogP contribution in [0.5, 0.6) is 0 Å². The first-order valence-electron chi connectivity index (χ1n) is 20.7. The molecule has 0 bridgehead atoms. The largest absolute Gasteiger partial charge is 0.462 e. The Morgan fingerprint density at radius 1 is 0.623 bits per heavy atom. The minimum atomic E-state index is -4.59. The van der Waals surface area contributed by atoms with Crippen molar-refractivity contribution in [3.8, 4) is 0 Å². The molecular formula is C40H74O12S. The lowest BCUT2D eigenvalue weighted by Gasteiger charge is -2.40. The number of aliphatic hydroxyl groups excluding tert-OH is 3. The molecule has 6 atom stereocenters. The molecule has 312 valence electrons. The Kier molecular flexibility index (Phi) is 29.4. The molecule has 13 heteroatoms. The van der Waals surface area contributed by atoms with Gasteiger partial charge in [-0.05, 0) is 38.5 Å². The van der Waals surface area contributed by atoms with E-state index in [1.807, 2.05) is 0 Å². The zero-order chi connectivity index (χ0) is 39.2. The quantitative estimate of drug-likeness (QED) is 0.0219. The van der Waals surface area contributed by atoms with Crippen molar-refractivity contribution < 1.29 is 56.8 Å². The zero-order valence-corrected chi connectivity index (χ0v) is 33.7. The number of hydrogen-bond acceptors (Lipinski definition) is 11. The molecule has 0 aromatic rings. The summed E-state index contributed by atoms with van der Waals surface area (Å²) in [5, 5.41) is 30.8. The molecule has 0 saturated carbocycles. The molecule has 0 aromatic carbocycles. The Balaban J connectivity index is 2.50. The first-order chi connectivity index (χ1) is 25.5. The molecule has 0 aromatic heterocycles. The van der Waals surface area contributed by atoms with Crippen LogP contribution < -0.4 is 0 Å². The summed E-state index contributed by atoms with van der Waals surface area (Å²) in [6, 6.07) is 0. The van der Waals surface area contributed by atoms with Crippen LogP contribution in [0.25, 0.3) is 0 Å². The highest BCUT2D eigenvalue weighted by molar-refractivity contribution is 7.85. The van der Waals surface area contributed by atoms with Crippen molar-refractivity contribution in [2.45, 2.75) is 211 Å². The number of unbranched alkanes of at least 4 members (excludes halogenated alkanes) is 20. The topological polar surface area (TPSA) is 186 Å². The molecule has 0 aliphatic carbocycles. The minimum absolute atomic E-state index is 0.158. The van der Waals surface area contributed by atoms with E-state index in [0.717, 1.165) is 57.8 Å².